The number of halogens is 1. The number of nitrogens with zero attached hydrogens (tertiary/aromatic N) is 2. The van der Waals surface area contributed by atoms with Crippen LogP contribution < -0.4 is 0 Å². The van der Waals surface area contributed by atoms with E-state index in [-0.39, 0.29) is 10.6 Å². The van der Waals surface area contributed by atoms with Crippen molar-refractivity contribution in [3.8, 4) is 0 Å². The molecule has 0 bridgehead atoms. The van der Waals surface area contributed by atoms with Crippen LogP contribution in [0.1, 0.15) is 21.7 Å². The molecule has 0 radical (unpaired) electrons. The Balaban J connectivity index is 2.13. The van der Waals surface area contributed by atoms with Crippen LogP contribution in [-0.4, -0.2) is 21.4 Å². The summed E-state index contributed by atoms with van der Waals surface area (Å²) in [6.45, 7) is 1.80. The van der Waals surface area contributed by atoms with Gasteiger partial charge in [0.15, 0.2) is 0 Å². The number of benzene rings is 1. The zero-order valence-electron chi connectivity index (χ0n) is 9.38. The van der Waals surface area contributed by atoms with E-state index in [4.69, 9.17) is 16.7 Å². The number of hydrogen-bond acceptors (Lipinski definition) is 5. The lowest BCUT2D eigenvalue weighted by atomic mass is 10.2. The molecule has 0 atom stereocenters. The molecule has 1 heterocycles. The number of hydrogen-bond donors (Lipinski definition) is 1. The molecule has 1 N–H and O–H groups in total. The third-order valence-corrected chi connectivity index (χ3v) is 3.62. The summed E-state index contributed by atoms with van der Waals surface area (Å²) in [7, 11) is 0. The molecule has 0 fully saturated rings. The summed E-state index contributed by atoms with van der Waals surface area (Å²) in [4.78, 5) is 11.7. The van der Waals surface area contributed by atoms with Crippen LogP contribution in [0, 0.1) is 6.92 Å². The van der Waals surface area contributed by atoms with Gasteiger partial charge in [-0.3, -0.25) is 0 Å². The van der Waals surface area contributed by atoms with Gasteiger partial charge in [0.05, 0.1) is 10.6 Å². The van der Waals surface area contributed by atoms with Crippen LogP contribution in [0.3, 0.4) is 0 Å². The van der Waals surface area contributed by atoms with Crippen molar-refractivity contribution in [2.45, 2.75) is 17.6 Å². The van der Waals surface area contributed by atoms with Gasteiger partial charge < -0.3 is 5.11 Å². The van der Waals surface area contributed by atoms with Gasteiger partial charge in [-0.25, -0.2) is 9.42 Å². The van der Waals surface area contributed by atoms with E-state index in [1.807, 2.05) is 0 Å². The lowest BCUT2D eigenvalue weighted by molar-refractivity contribution is 0.0697. The molecule has 1 aromatic carbocycles. The van der Waals surface area contributed by atoms with Crippen molar-refractivity contribution in [1.82, 2.24) is 10.3 Å². The molecule has 0 unspecified atom stereocenters. The minimum atomic E-state index is -1.04. The van der Waals surface area contributed by atoms with E-state index in [0.29, 0.717) is 5.75 Å². The summed E-state index contributed by atoms with van der Waals surface area (Å²) < 4.78 is 4.59. The third kappa shape index (κ3) is 2.83. The molecule has 5 nitrogen and oxygen atoms in total. The Morgan fingerprint density at radius 1 is 1.50 bits per heavy atom. The summed E-state index contributed by atoms with van der Waals surface area (Å²) in [6, 6.07) is 4.88. The number of carbonyl (C=O) groups is 1. The van der Waals surface area contributed by atoms with E-state index in [9.17, 15) is 4.79 Å². The van der Waals surface area contributed by atoms with Gasteiger partial charge >= 0.3 is 5.97 Å². The molecule has 7 heteroatoms. The SMILES string of the molecule is Cc1nonc1CSc1ccc(Cl)c(C(=O)O)c1. The second kappa shape index (κ2) is 5.41. The van der Waals surface area contributed by atoms with Gasteiger partial charge in [0.1, 0.15) is 11.4 Å². The van der Waals surface area contributed by atoms with E-state index < -0.39 is 5.97 Å². The molecule has 1 aromatic heterocycles. The van der Waals surface area contributed by atoms with Crippen LogP contribution in [0.5, 0.6) is 0 Å². The summed E-state index contributed by atoms with van der Waals surface area (Å²) in [5, 5.41) is 16.6. The van der Waals surface area contributed by atoms with Crippen molar-refractivity contribution in [1.29, 1.82) is 0 Å². The van der Waals surface area contributed by atoms with Crippen molar-refractivity contribution in [2.24, 2.45) is 0 Å². The van der Waals surface area contributed by atoms with Crippen molar-refractivity contribution < 1.29 is 14.5 Å². The molecular formula is C11H9ClN2O3S. The van der Waals surface area contributed by atoms with Crippen LogP contribution in [-0.2, 0) is 5.75 Å². The zero-order valence-corrected chi connectivity index (χ0v) is 11.0. The van der Waals surface area contributed by atoms with Crippen molar-refractivity contribution in [3.05, 3.63) is 40.2 Å². The minimum absolute atomic E-state index is 0.0941. The fraction of sp³-hybridized carbons (Fsp3) is 0.182. The highest BCUT2D eigenvalue weighted by Gasteiger charge is 2.11. The van der Waals surface area contributed by atoms with E-state index >= 15 is 0 Å². The Bertz CT molecular complexity index is 585. The van der Waals surface area contributed by atoms with E-state index in [1.165, 1.54) is 17.8 Å². The maximum absolute atomic E-state index is 10.9. The Morgan fingerprint density at radius 3 is 2.89 bits per heavy atom. The molecule has 2 rings (SSSR count). The van der Waals surface area contributed by atoms with Gasteiger partial charge in [-0.05, 0) is 25.1 Å². The third-order valence-electron chi connectivity index (χ3n) is 2.29. The molecule has 0 amide bonds. The van der Waals surface area contributed by atoms with Crippen LogP contribution in [0.4, 0.5) is 0 Å². The molecule has 0 aliphatic carbocycles. The Hall–Kier alpha value is -1.53. The number of aromatic nitrogens is 2. The van der Waals surface area contributed by atoms with Crippen molar-refractivity contribution in [2.75, 3.05) is 0 Å². The van der Waals surface area contributed by atoms with Crippen LogP contribution in [0.2, 0.25) is 5.02 Å². The maximum Gasteiger partial charge on any atom is 0.337 e. The molecule has 0 aliphatic heterocycles. The lowest BCUT2D eigenvalue weighted by Crippen LogP contribution is -1.97. The monoisotopic (exact) mass is 284 g/mol. The van der Waals surface area contributed by atoms with E-state index in [1.54, 1.807) is 19.1 Å². The van der Waals surface area contributed by atoms with E-state index in [2.05, 4.69) is 14.9 Å². The van der Waals surface area contributed by atoms with Crippen LogP contribution >= 0.6 is 23.4 Å². The zero-order chi connectivity index (χ0) is 13.1. The van der Waals surface area contributed by atoms with Gasteiger partial charge in [-0.1, -0.05) is 21.9 Å². The molecule has 0 saturated carbocycles. The summed E-state index contributed by atoms with van der Waals surface area (Å²) >= 11 is 7.24. The standard InChI is InChI=1S/C11H9ClN2O3S/c1-6-10(14-17-13-6)5-18-7-2-3-9(12)8(4-7)11(15)16/h2-4H,5H2,1H3,(H,15,16). The molecule has 0 spiro atoms. The first-order chi connectivity index (χ1) is 8.58. The summed E-state index contributed by atoms with van der Waals surface area (Å²) in [6.07, 6.45) is 0. The number of carboxylic acid groups (broad SMARTS) is 1. The average molecular weight is 285 g/mol. The molecular weight excluding hydrogens is 276 g/mol. The number of aryl methyl sites for hydroxylation is 1. The Kier molecular flexibility index (Phi) is 3.88. The molecule has 0 aliphatic rings. The van der Waals surface area contributed by atoms with Gasteiger partial charge in [-0.15, -0.1) is 11.8 Å². The minimum Gasteiger partial charge on any atom is -0.478 e. The molecule has 2 aromatic rings. The highest BCUT2D eigenvalue weighted by atomic mass is 35.5. The van der Waals surface area contributed by atoms with Gasteiger partial charge in [-0.2, -0.15) is 0 Å². The number of carboxylic acids is 1. The topological polar surface area (TPSA) is 76.2 Å². The molecule has 0 saturated heterocycles. The fourth-order valence-electron chi connectivity index (χ4n) is 1.29. The van der Waals surface area contributed by atoms with Crippen LogP contribution in [0.25, 0.3) is 0 Å². The second-order valence-corrected chi connectivity index (χ2v) is 4.99. The highest BCUT2D eigenvalue weighted by molar-refractivity contribution is 7.98. The first kappa shape index (κ1) is 12.9. The highest BCUT2D eigenvalue weighted by Crippen LogP contribution is 2.27. The maximum atomic E-state index is 10.9. The number of rotatable bonds is 4. The van der Waals surface area contributed by atoms with Crippen molar-refractivity contribution in [3.63, 3.8) is 0 Å². The van der Waals surface area contributed by atoms with Gasteiger partial charge in [0, 0.05) is 10.6 Å². The predicted molar refractivity (Wildman–Crippen MR) is 67.0 cm³/mol. The first-order valence-electron chi connectivity index (χ1n) is 5.01. The quantitative estimate of drug-likeness (QED) is 0.870. The molecule has 94 valence electrons. The summed E-state index contributed by atoms with van der Waals surface area (Å²) in [5.74, 6) is -0.475. The predicted octanol–water partition coefficient (Wildman–Crippen LogP) is 3.02. The fourth-order valence-corrected chi connectivity index (χ4v) is 2.42. The Labute approximate surface area is 112 Å². The second-order valence-electron chi connectivity index (χ2n) is 3.53. The smallest absolute Gasteiger partial charge is 0.337 e. The van der Waals surface area contributed by atoms with Gasteiger partial charge in [0.2, 0.25) is 0 Å². The van der Waals surface area contributed by atoms with Crippen molar-refractivity contribution >= 4 is 29.3 Å². The lowest BCUT2D eigenvalue weighted by Gasteiger charge is -2.03. The number of aromatic carboxylic acids is 1. The largest absolute Gasteiger partial charge is 0.478 e. The summed E-state index contributed by atoms with van der Waals surface area (Å²) in [5.41, 5.74) is 1.57. The Morgan fingerprint density at radius 2 is 2.28 bits per heavy atom. The van der Waals surface area contributed by atoms with Crippen LogP contribution in [0.15, 0.2) is 27.7 Å². The molecule has 18 heavy (non-hydrogen) atoms. The normalized spacial score (nSPS) is 10.6. The average Bonchev–Trinajstić information content (AvgIpc) is 2.73. The number of thioether (sulfide) groups is 1. The first-order valence-corrected chi connectivity index (χ1v) is 6.38. The van der Waals surface area contributed by atoms with E-state index in [0.717, 1.165) is 16.3 Å². The van der Waals surface area contributed by atoms with Gasteiger partial charge in [0.25, 0.3) is 0 Å².